The zero-order valence-corrected chi connectivity index (χ0v) is 13.4. The van der Waals surface area contributed by atoms with E-state index in [0.717, 1.165) is 36.0 Å². The quantitative estimate of drug-likeness (QED) is 0.447. The molecule has 0 aliphatic heterocycles. The Kier molecular flexibility index (Phi) is 6.78. The van der Waals surface area contributed by atoms with Gasteiger partial charge in [0.25, 0.3) is 0 Å². The van der Waals surface area contributed by atoms with Gasteiger partial charge in [0, 0.05) is 32.1 Å². The van der Waals surface area contributed by atoms with E-state index in [1.807, 2.05) is 36.4 Å². The van der Waals surface area contributed by atoms with Gasteiger partial charge in [-0.25, -0.2) is 0 Å². The lowest BCUT2D eigenvalue weighted by Crippen LogP contribution is -2.37. The number of benzene rings is 1. The second kappa shape index (κ2) is 9.35. The van der Waals surface area contributed by atoms with Gasteiger partial charge in [-0.2, -0.15) is 0 Å². The Morgan fingerprint density at radius 2 is 2.13 bits per heavy atom. The first-order valence-corrected chi connectivity index (χ1v) is 7.62. The summed E-state index contributed by atoms with van der Waals surface area (Å²) in [6.07, 6.45) is 4.23. The summed E-state index contributed by atoms with van der Waals surface area (Å²) in [5.74, 6) is 2.55. The molecule has 5 nitrogen and oxygen atoms in total. The van der Waals surface area contributed by atoms with Gasteiger partial charge in [0.15, 0.2) is 5.96 Å². The number of ether oxygens (including phenoxy) is 1. The third kappa shape index (κ3) is 5.54. The summed E-state index contributed by atoms with van der Waals surface area (Å²) in [6, 6.07) is 11.8. The molecule has 0 saturated heterocycles. The lowest BCUT2D eigenvalue weighted by Gasteiger charge is -2.14. The van der Waals surface area contributed by atoms with Crippen LogP contribution in [0.1, 0.15) is 11.3 Å². The summed E-state index contributed by atoms with van der Waals surface area (Å²) in [5, 5.41) is 6.55. The lowest BCUT2D eigenvalue weighted by atomic mass is 10.2. The van der Waals surface area contributed by atoms with Crippen molar-refractivity contribution >= 4 is 5.96 Å². The van der Waals surface area contributed by atoms with Crippen LogP contribution < -0.4 is 15.4 Å². The number of furan rings is 1. The third-order valence-electron chi connectivity index (χ3n) is 3.24. The molecule has 23 heavy (non-hydrogen) atoms. The number of rotatable bonds is 8. The molecule has 1 aromatic heterocycles. The van der Waals surface area contributed by atoms with Crippen molar-refractivity contribution < 1.29 is 9.15 Å². The Bertz CT molecular complexity index is 621. The topological polar surface area (TPSA) is 58.8 Å². The van der Waals surface area contributed by atoms with Gasteiger partial charge in [-0.3, -0.25) is 4.99 Å². The van der Waals surface area contributed by atoms with Crippen molar-refractivity contribution in [2.45, 2.75) is 13.0 Å². The van der Waals surface area contributed by atoms with Gasteiger partial charge in [0.2, 0.25) is 0 Å². The third-order valence-corrected chi connectivity index (χ3v) is 3.24. The molecule has 0 atom stereocenters. The predicted molar refractivity (Wildman–Crippen MR) is 92.7 cm³/mol. The second-order valence-electron chi connectivity index (χ2n) is 4.89. The molecule has 2 aromatic rings. The molecule has 122 valence electrons. The summed E-state index contributed by atoms with van der Waals surface area (Å²) in [4.78, 5) is 4.22. The molecule has 0 amide bonds. The van der Waals surface area contributed by atoms with Gasteiger partial charge in [0.1, 0.15) is 18.1 Å². The number of aliphatic imine (C=N–C) groups is 1. The van der Waals surface area contributed by atoms with Crippen LogP contribution in [0.15, 0.2) is 64.7 Å². The van der Waals surface area contributed by atoms with E-state index < -0.39 is 0 Å². The van der Waals surface area contributed by atoms with Crippen LogP contribution in [0.4, 0.5) is 0 Å². The van der Waals surface area contributed by atoms with Gasteiger partial charge < -0.3 is 19.8 Å². The van der Waals surface area contributed by atoms with Crippen molar-refractivity contribution in [3.8, 4) is 5.75 Å². The van der Waals surface area contributed by atoms with Crippen molar-refractivity contribution in [1.82, 2.24) is 10.6 Å². The summed E-state index contributed by atoms with van der Waals surface area (Å²) in [6.45, 7) is 5.55. The maximum atomic E-state index is 5.65. The average Bonchev–Trinajstić information content (AvgIpc) is 3.10. The van der Waals surface area contributed by atoms with Crippen LogP contribution in [-0.2, 0) is 13.0 Å². The maximum Gasteiger partial charge on any atom is 0.191 e. The van der Waals surface area contributed by atoms with Crippen LogP contribution in [0.5, 0.6) is 5.75 Å². The lowest BCUT2D eigenvalue weighted by molar-refractivity contribution is 0.358. The summed E-state index contributed by atoms with van der Waals surface area (Å²) < 4.78 is 11.0. The summed E-state index contributed by atoms with van der Waals surface area (Å²) in [7, 11) is 1.75. The fourth-order valence-corrected chi connectivity index (χ4v) is 2.10. The van der Waals surface area contributed by atoms with Crippen LogP contribution in [0.3, 0.4) is 0 Å². The van der Waals surface area contributed by atoms with Gasteiger partial charge >= 0.3 is 0 Å². The number of para-hydroxylation sites is 1. The molecule has 2 N–H and O–H groups in total. The van der Waals surface area contributed by atoms with E-state index in [-0.39, 0.29) is 0 Å². The molecule has 1 heterocycles. The SMILES string of the molecule is C=CCOc1ccccc1CNC(=NC)NCCc1ccco1. The van der Waals surface area contributed by atoms with E-state index >= 15 is 0 Å². The second-order valence-corrected chi connectivity index (χ2v) is 4.89. The number of nitrogens with one attached hydrogen (secondary N) is 2. The maximum absolute atomic E-state index is 5.65. The van der Waals surface area contributed by atoms with Crippen molar-refractivity contribution in [2.24, 2.45) is 4.99 Å². The zero-order chi connectivity index (χ0) is 16.3. The van der Waals surface area contributed by atoms with E-state index in [0.29, 0.717) is 13.2 Å². The van der Waals surface area contributed by atoms with Crippen LogP contribution in [0.2, 0.25) is 0 Å². The highest BCUT2D eigenvalue weighted by Gasteiger charge is 2.04. The van der Waals surface area contributed by atoms with Crippen molar-refractivity contribution in [3.63, 3.8) is 0 Å². The Morgan fingerprint density at radius 3 is 2.87 bits per heavy atom. The van der Waals surface area contributed by atoms with Crippen LogP contribution in [0, 0.1) is 0 Å². The van der Waals surface area contributed by atoms with Gasteiger partial charge in [-0.15, -0.1) is 0 Å². The molecule has 5 heteroatoms. The number of nitrogens with zero attached hydrogens (tertiary/aromatic N) is 1. The number of guanidine groups is 1. The first-order valence-electron chi connectivity index (χ1n) is 7.62. The molecule has 0 spiro atoms. The minimum absolute atomic E-state index is 0.493. The highest BCUT2D eigenvalue weighted by atomic mass is 16.5. The largest absolute Gasteiger partial charge is 0.489 e. The molecule has 2 rings (SSSR count). The van der Waals surface area contributed by atoms with E-state index in [9.17, 15) is 0 Å². The standard InChI is InChI=1S/C18H23N3O2/c1-3-12-23-17-9-5-4-7-15(17)14-21-18(19-2)20-11-10-16-8-6-13-22-16/h3-9,13H,1,10-12,14H2,2H3,(H2,19,20,21). The Hall–Kier alpha value is -2.69. The molecule has 0 fully saturated rings. The molecule has 0 radical (unpaired) electrons. The normalized spacial score (nSPS) is 11.1. The van der Waals surface area contributed by atoms with E-state index in [2.05, 4.69) is 22.2 Å². The molecule has 0 aliphatic carbocycles. The van der Waals surface area contributed by atoms with Gasteiger partial charge in [0.05, 0.1) is 6.26 Å². The van der Waals surface area contributed by atoms with Crippen molar-refractivity contribution in [3.05, 3.63) is 66.6 Å². The Balaban J connectivity index is 1.82. The van der Waals surface area contributed by atoms with Gasteiger partial charge in [-0.05, 0) is 18.2 Å². The molecular weight excluding hydrogens is 290 g/mol. The zero-order valence-electron chi connectivity index (χ0n) is 13.4. The van der Waals surface area contributed by atoms with E-state index in [1.54, 1.807) is 19.4 Å². The molecule has 0 aliphatic rings. The summed E-state index contributed by atoms with van der Waals surface area (Å²) >= 11 is 0. The molecule has 1 aromatic carbocycles. The minimum Gasteiger partial charge on any atom is -0.489 e. The minimum atomic E-state index is 0.493. The van der Waals surface area contributed by atoms with Crippen molar-refractivity contribution in [1.29, 1.82) is 0 Å². The highest BCUT2D eigenvalue weighted by Crippen LogP contribution is 2.17. The number of hydrogen-bond donors (Lipinski definition) is 2. The monoisotopic (exact) mass is 313 g/mol. The van der Waals surface area contributed by atoms with Crippen LogP contribution in [-0.4, -0.2) is 26.2 Å². The number of hydrogen-bond acceptors (Lipinski definition) is 3. The Labute approximate surface area is 137 Å². The fraction of sp³-hybridized carbons (Fsp3) is 0.278. The smallest absolute Gasteiger partial charge is 0.191 e. The summed E-state index contributed by atoms with van der Waals surface area (Å²) in [5.41, 5.74) is 1.07. The Morgan fingerprint density at radius 1 is 1.26 bits per heavy atom. The van der Waals surface area contributed by atoms with Crippen LogP contribution >= 0.6 is 0 Å². The van der Waals surface area contributed by atoms with Crippen molar-refractivity contribution in [2.75, 3.05) is 20.2 Å². The van der Waals surface area contributed by atoms with Crippen LogP contribution in [0.25, 0.3) is 0 Å². The van der Waals surface area contributed by atoms with E-state index in [4.69, 9.17) is 9.15 Å². The highest BCUT2D eigenvalue weighted by molar-refractivity contribution is 5.79. The first-order chi connectivity index (χ1) is 11.3. The molecular formula is C18H23N3O2. The molecule has 0 bridgehead atoms. The fourth-order valence-electron chi connectivity index (χ4n) is 2.10. The predicted octanol–water partition coefficient (Wildman–Crippen LogP) is 2.75. The van der Waals surface area contributed by atoms with E-state index in [1.165, 1.54) is 0 Å². The molecule has 0 unspecified atom stereocenters. The van der Waals surface area contributed by atoms with Gasteiger partial charge in [-0.1, -0.05) is 30.9 Å². The molecule has 0 saturated carbocycles. The first kappa shape index (κ1) is 16.7. The average molecular weight is 313 g/mol.